The summed E-state index contributed by atoms with van der Waals surface area (Å²) >= 11 is 0. The molecule has 2 aromatic carbocycles. The Balaban J connectivity index is 2.09. The highest BCUT2D eigenvalue weighted by Crippen LogP contribution is 2.17. The smallest absolute Gasteiger partial charge is 0.344 e. The molecule has 0 spiro atoms. The lowest BCUT2D eigenvalue weighted by molar-refractivity contribution is -0.147. The zero-order chi connectivity index (χ0) is 28.8. The summed E-state index contributed by atoms with van der Waals surface area (Å²) in [6.45, 7) is -3.03. The van der Waals surface area contributed by atoms with E-state index in [9.17, 15) is 34.2 Å². The SMILES string of the molecule is O=C(O)CN(CC(=O)O)CC(Cc1ccc(OCC(=O)OCc2ccccc2)cc1)N(CC(=O)O)CC(=O)O. The van der Waals surface area contributed by atoms with E-state index >= 15 is 0 Å². The third-order valence-corrected chi connectivity index (χ3v) is 5.37. The van der Waals surface area contributed by atoms with Gasteiger partial charge in [0.2, 0.25) is 0 Å². The molecule has 39 heavy (non-hydrogen) atoms. The van der Waals surface area contributed by atoms with Gasteiger partial charge >= 0.3 is 29.8 Å². The molecule has 1 atom stereocenters. The summed E-state index contributed by atoms with van der Waals surface area (Å²) in [7, 11) is 0. The second-order valence-corrected chi connectivity index (χ2v) is 8.59. The predicted molar refractivity (Wildman–Crippen MR) is 134 cm³/mol. The van der Waals surface area contributed by atoms with Crippen LogP contribution in [0.1, 0.15) is 11.1 Å². The van der Waals surface area contributed by atoms with Crippen LogP contribution in [0.25, 0.3) is 0 Å². The molecule has 0 aliphatic rings. The zero-order valence-corrected chi connectivity index (χ0v) is 21.0. The van der Waals surface area contributed by atoms with Gasteiger partial charge in [-0.2, -0.15) is 0 Å². The highest BCUT2D eigenvalue weighted by molar-refractivity contribution is 5.73. The van der Waals surface area contributed by atoms with Crippen molar-refractivity contribution in [2.24, 2.45) is 0 Å². The van der Waals surface area contributed by atoms with Gasteiger partial charge in [0, 0.05) is 12.6 Å². The van der Waals surface area contributed by atoms with Gasteiger partial charge in [0.15, 0.2) is 6.61 Å². The summed E-state index contributed by atoms with van der Waals surface area (Å²) in [4.78, 5) is 59.5. The fraction of sp³-hybridized carbons (Fsp3) is 0.346. The minimum atomic E-state index is -1.30. The molecule has 1 unspecified atom stereocenters. The average Bonchev–Trinajstić information content (AvgIpc) is 2.85. The highest BCUT2D eigenvalue weighted by atomic mass is 16.6. The molecule has 0 aliphatic heterocycles. The van der Waals surface area contributed by atoms with E-state index in [1.807, 2.05) is 30.3 Å². The van der Waals surface area contributed by atoms with Crippen molar-refractivity contribution in [2.75, 3.05) is 39.3 Å². The number of aliphatic carboxylic acids is 4. The number of carboxylic acids is 4. The summed E-state index contributed by atoms with van der Waals surface area (Å²) in [6.07, 6.45) is 0.0791. The second-order valence-electron chi connectivity index (χ2n) is 8.59. The molecule has 0 amide bonds. The van der Waals surface area contributed by atoms with E-state index in [0.29, 0.717) is 11.3 Å². The van der Waals surface area contributed by atoms with Gasteiger partial charge in [-0.15, -0.1) is 0 Å². The molecular formula is C26H30N2O11. The number of benzene rings is 2. The van der Waals surface area contributed by atoms with Crippen LogP contribution in [0.4, 0.5) is 0 Å². The van der Waals surface area contributed by atoms with Crippen molar-refractivity contribution in [1.82, 2.24) is 9.80 Å². The topological polar surface area (TPSA) is 191 Å². The highest BCUT2D eigenvalue weighted by Gasteiger charge is 2.27. The maximum atomic E-state index is 12.0. The molecule has 0 saturated heterocycles. The second kappa shape index (κ2) is 15.7. The molecule has 0 aromatic heterocycles. The monoisotopic (exact) mass is 546 g/mol. The van der Waals surface area contributed by atoms with E-state index in [0.717, 1.165) is 15.4 Å². The Kier molecular flexibility index (Phi) is 12.4. The lowest BCUT2D eigenvalue weighted by atomic mass is 10.0. The largest absolute Gasteiger partial charge is 0.482 e. The molecule has 13 nitrogen and oxygen atoms in total. The van der Waals surface area contributed by atoms with Crippen LogP contribution in [0.15, 0.2) is 54.6 Å². The van der Waals surface area contributed by atoms with Crippen LogP contribution in [0, 0.1) is 0 Å². The minimum Gasteiger partial charge on any atom is -0.482 e. The summed E-state index contributed by atoms with van der Waals surface area (Å²) in [5, 5.41) is 36.9. The van der Waals surface area contributed by atoms with Crippen LogP contribution in [-0.4, -0.2) is 105 Å². The number of carbonyl (C=O) groups excluding carboxylic acids is 1. The van der Waals surface area contributed by atoms with Crippen LogP contribution < -0.4 is 4.74 Å². The van der Waals surface area contributed by atoms with E-state index in [1.165, 1.54) is 0 Å². The van der Waals surface area contributed by atoms with Crippen LogP contribution in [0.2, 0.25) is 0 Å². The van der Waals surface area contributed by atoms with Crippen molar-refractivity contribution in [2.45, 2.75) is 19.1 Å². The van der Waals surface area contributed by atoms with E-state index in [4.69, 9.17) is 19.7 Å². The molecule has 0 radical (unpaired) electrons. The molecule has 210 valence electrons. The van der Waals surface area contributed by atoms with Crippen molar-refractivity contribution in [3.05, 3.63) is 65.7 Å². The van der Waals surface area contributed by atoms with Gasteiger partial charge in [-0.05, 0) is 29.7 Å². The first kappa shape index (κ1) is 30.7. The normalized spacial score (nSPS) is 11.6. The Bertz CT molecular complexity index is 1090. The van der Waals surface area contributed by atoms with E-state index in [1.54, 1.807) is 24.3 Å². The number of ether oxygens (including phenoxy) is 2. The molecule has 2 aromatic rings. The molecule has 4 N–H and O–H groups in total. The van der Waals surface area contributed by atoms with Gasteiger partial charge in [0.1, 0.15) is 12.4 Å². The minimum absolute atomic E-state index is 0.0791. The van der Waals surface area contributed by atoms with E-state index < -0.39 is 62.1 Å². The van der Waals surface area contributed by atoms with Gasteiger partial charge < -0.3 is 29.9 Å². The number of esters is 1. The van der Waals surface area contributed by atoms with Crippen molar-refractivity contribution in [3.8, 4) is 5.75 Å². The molecule has 0 heterocycles. The van der Waals surface area contributed by atoms with Crippen molar-refractivity contribution in [3.63, 3.8) is 0 Å². The number of hydrogen-bond acceptors (Lipinski definition) is 9. The number of hydrogen-bond donors (Lipinski definition) is 4. The Morgan fingerprint density at radius 2 is 1.23 bits per heavy atom. The summed E-state index contributed by atoms with van der Waals surface area (Å²) in [6, 6.07) is 14.6. The van der Waals surface area contributed by atoms with Crippen LogP contribution in [-0.2, 0) is 41.7 Å². The molecule has 13 heteroatoms. The predicted octanol–water partition coefficient (Wildman–Crippen LogP) is 0.662. The number of carboxylic acid groups (broad SMARTS) is 4. The molecule has 0 fully saturated rings. The number of rotatable bonds is 18. The van der Waals surface area contributed by atoms with Gasteiger partial charge in [0.05, 0.1) is 26.2 Å². The third-order valence-electron chi connectivity index (χ3n) is 5.37. The lowest BCUT2D eigenvalue weighted by Crippen LogP contribution is -2.50. The Hall–Kier alpha value is -4.49. The first-order valence-corrected chi connectivity index (χ1v) is 11.8. The number of nitrogens with zero attached hydrogens (tertiary/aromatic N) is 2. The van der Waals surface area contributed by atoms with Gasteiger partial charge in [0.25, 0.3) is 0 Å². The third kappa shape index (κ3) is 12.5. The van der Waals surface area contributed by atoms with Crippen molar-refractivity contribution < 1.29 is 53.9 Å². The van der Waals surface area contributed by atoms with Crippen LogP contribution in [0.3, 0.4) is 0 Å². The van der Waals surface area contributed by atoms with Crippen molar-refractivity contribution >= 4 is 29.8 Å². The Morgan fingerprint density at radius 1 is 0.692 bits per heavy atom. The first-order chi connectivity index (χ1) is 18.5. The quantitative estimate of drug-likeness (QED) is 0.191. The first-order valence-electron chi connectivity index (χ1n) is 11.8. The Morgan fingerprint density at radius 3 is 1.74 bits per heavy atom. The van der Waals surface area contributed by atoms with Gasteiger partial charge in [-0.1, -0.05) is 42.5 Å². The zero-order valence-electron chi connectivity index (χ0n) is 21.0. The van der Waals surface area contributed by atoms with Gasteiger partial charge in [-0.3, -0.25) is 29.0 Å². The lowest BCUT2D eigenvalue weighted by Gasteiger charge is -2.33. The van der Waals surface area contributed by atoms with E-state index in [2.05, 4.69) is 0 Å². The fourth-order valence-electron chi connectivity index (χ4n) is 3.75. The standard InChI is InChI=1S/C26H30N2O11/c29-22(30)12-27(13-23(31)32)11-20(28(14-24(33)34)15-25(35)36)10-18-6-8-21(9-7-18)38-17-26(37)39-16-19-4-2-1-3-5-19/h1-9,20H,10-17H2,(H,29,30)(H,31,32)(H,33,34)(H,35,36). The van der Waals surface area contributed by atoms with Crippen molar-refractivity contribution in [1.29, 1.82) is 0 Å². The number of carbonyl (C=O) groups is 5. The molecular weight excluding hydrogens is 516 g/mol. The van der Waals surface area contributed by atoms with Crippen LogP contribution >= 0.6 is 0 Å². The van der Waals surface area contributed by atoms with Gasteiger partial charge in [-0.25, -0.2) is 4.79 Å². The van der Waals surface area contributed by atoms with E-state index in [-0.39, 0.29) is 26.2 Å². The average molecular weight is 547 g/mol. The summed E-state index contributed by atoms with van der Waals surface area (Å²) < 4.78 is 10.6. The maximum Gasteiger partial charge on any atom is 0.344 e. The molecule has 0 bridgehead atoms. The Labute approximate surface area is 223 Å². The van der Waals surface area contributed by atoms with Crippen LogP contribution in [0.5, 0.6) is 5.75 Å². The molecule has 0 aliphatic carbocycles. The summed E-state index contributed by atoms with van der Waals surface area (Å²) in [5.74, 6) is -5.40. The summed E-state index contributed by atoms with van der Waals surface area (Å²) in [5.41, 5.74) is 1.44. The maximum absolute atomic E-state index is 12.0. The molecule has 0 saturated carbocycles. The fourth-order valence-corrected chi connectivity index (χ4v) is 3.75. The molecule has 2 rings (SSSR count).